The fourth-order valence-electron chi connectivity index (χ4n) is 2.70. The van der Waals surface area contributed by atoms with Crippen LogP contribution >= 0.6 is 0 Å². The van der Waals surface area contributed by atoms with Crippen LogP contribution in [0.3, 0.4) is 0 Å². The molecule has 1 heterocycles. The van der Waals surface area contributed by atoms with E-state index < -0.39 is 9.84 Å². The van der Waals surface area contributed by atoms with Crippen molar-refractivity contribution in [2.75, 3.05) is 11.5 Å². The van der Waals surface area contributed by atoms with Crippen LogP contribution in [0.1, 0.15) is 32.3 Å². The van der Waals surface area contributed by atoms with Gasteiger partial charge < -0.3 is 4.90 Å². The lowest BCUT2D eigenvalue weighted by Gasteiger charge is -2.29. The maximum Gasteiger partial charge on any atom is 0.223 e. The molecule has 1 aliphatic rings. The monoisotopic (exact) mass is 327 g/mol. The van der Waals surface area contributed by atoms with Crippen LogP contribution in [0.15, 0.2) is 24.3 Å². The van der Waals surface area contributed by atoms with Crippen molar-refractivity contribution in [2.45, 2.75) is 39.3 Å². The molecule has 0 aliphatic carbocycles. The number of rotatable bonds is 5. The molecule has 2 rings (SSSR count). The molecule has 1 atom stereocenters. The zero-order valence-electron chi connectivity index (χ0n) is 13.0. The summed E-state index contributed by atoms with van der Waals surface area (Å²) in [6, 6.07) is 5.70. The number of benzene rings is 1. The molecular formula is C16H22FNO3S. The Morgan fingerprint density at radius 3 is 2.45 bits per heavy atom. The van der Waals surface area contributed by atoms with Crippen LogP contribution in [-0.4, -0.2) is 36.8 Å². The molecule has 1 aromatic carbocycles. The van der Waals surface area contributed by atoms with Crippen LogP contribution in [0, 0.1) is 11.7 Å². The second-order valence-corrected chi connectivity index (χ2v) is 8.53. The van der Waals surface area contributed by atoms with E-state index in [1.165, 1.54) is 12.1 Å². The molecule has 6 heteroatoms. The highest BCUT2D eigenvalue weighted by molar-refractivity contribution is 7.91. The van der Waals surface area contributed by atoms with Gasteiger partial charge in [0.1, 0.15) is 5.82 Å². The van der Waals surface area contributed by atoms with Gasteiger partial charge in [0.2, 0.25) is 5.91 Å². The van der Waals surface area contributed by atoms with Crippen LogP contribution in [-0.2, 0) is 21.2 Å². The van der Waals surface area contributed by atoms with Gasteiger partial charge in [-0.1, -0.05) is 26.0 Å². The topological polar surface area (TPSA) is 54.5 Å². The van der Waals surface area contributed by atoms with Crippen LogP contribution in [0.25, 0.3) is 0 Å². The van der Waals surface area contributed by atoms with Gasteiger partial charge in [0.25, 0.3) is 0 Å². The summed E-state index contributed by atoms with van der Waals surface area (Å²) in [6.45, 7) is 4.24. The van der Waals surface area contributed by atoms with E-state index in [-0.39, 0.29) is 35.2 Å². The average Bonchev–Trinajstić information content (AvgIpc) is 2.77. The molecule has 1 saturated heterocycles. The largest absolute Gasteiger partial charge is 0.334 e. The first-order valence-electron chi connectivity index (χ1n) is 7.51. The number of amides is 1. The van der Waals surface area contributed by atoms with Crippen LogP contribution in [0.4, 0.5) is 4.39 Å². The molecule has 1 aromatic rings. The molecule has 0 aromatic heterocycles. The Morgan fingerprint density at radius 1 is 1.32 bits per heavy atom. The van der Waals surface area contributed by atoms with Gasteiger partial charge >= 0.3 is 0 Å². The Kier molecular flexibility index (Phi) is 5.21. The first kappa shape index (κ1) is 16.9. The van der Waals surface area contributed by atoms with Crippen LogP contribution in [0.2, 0.25) is 0 Å². The minimum atomic E-state index is -3.06. The van der Waals surface area contributed by atoms with E-state index >= 15 is 0 Å². The van der Waals surface area contributed by atoms with Gasteiger partial charge in [0.05, 0.1) is 11.5 Å². The van der Waals surface area contributed by atoms with E-state index in [1.807, 2.05) is 13.8 Å². The Balaban J connectivity index is 2.17. The quantitative estimate of drug-likeness (QED) is 0.834. The second-order valence-electron chi connectivity index (χ2n) is 6.30. The molecule has 1 amide bonds. The third-order valence-electron chi connectivity index (χ3n) is 3.82. The van der Waals surface area contributed by atoms with Crippen molar-refractivity contribution in [3.8, 4) is 0 Å². The Labute approximate surface area is 131 Å². The average molecular weight is 327 g/mol. The van der Waals surface area contributed by atoms with Crippen molar-refractivity contribution in [1.29, 1.82) is 0 Å². The van der Waals surface area contributed by atoms with E-state index in [9.17, 15) is 17.6 Å². The highest BCUT2D eigenvalue weighted by atomic mass is 32.2. The molecule has 122 valence electrons. The molecule has 1 fully saturated rings. The Morgan fingerprint density at radius 2 is 1.95 bits per heavy atom. The zero-order chi connectivity index (χ0) is 16.3. The minimum absolute atomic E-state index is 0.0258. The fraction of sp³-hybridized carbons (Fsp3) is 0.562. The van der Waals surface area contributed by atoms with Gasteiger partial charge in [-0.15, -0.1) is 0 Å². The molecular weight excluding hydrogens is 305 g/mol. The second kappa shape index (κ2) is 6.77. The summed E-state index contributed by atoms with van der Waals surface area (Å²) < 4.78 is 36.4. The van der Waals surface area contributed by atoms with E-state index in [2.05, 4.69) is 0 Å². The van der Waals surface area contributed by atoms with Gasteiger partial charge in [-0.25, -0.2) is 12.8 Å². The lowest BCUT2D eigenvalue weighted by atomic mass is 10.1. The summed E-state index contributed by atoms with van der Waals surface area (Å²) in [7, 11) is -3.06. The summed E-state index contributed by atoms with van der Waals surface area (Å²) in [4.78, 5) is 14.1. The number of carbonyl (C=O) groups is 1. The lowest BCUT2D eigenvalue weighted by molar-refractivity contribution is -0.134. The van der Waals surface area contributed by atoms with E-state index in [0.29, 0.717) is 19.4 Å². The first-order chi connectivity index (χ1) is 10.3. The molecule has 0 bridgehead atoms. The highest BCUT2D eigenvalue weighted by Crippen LogP contribution is 2.22. The molecule has 1 aliphatic heterocycles. The Hall–Kier alpha value is -1.43. The maximum atomic E-state index is 13.0. The molecule has 4 nitrogen and oxygen atoms in total. The highest BCUT2D eigenvalue weighted by Gasteiger charge is 2.34. The minimum Gasteiger partial charge on any atom is -0.334 e. The molecule has 0 radical (unpaired) electrons. The molecule has 0 unspecified atom stereocenters. The van der Waals surface area contributed by atoms with Crippen LogP contribution < -0.4 is 0 Å². The third-order valence-corrected chi connectivity index (χ3v) is 5.57. The lowest BCUT2D eigenvalue weighted by Crippen LogP contribution is -2.41. The van der Waals surface area contributed by atoms with Gasteiger partial charge in [0, 0.05) is 19.0 Å². The normalized spacial score (nSPS) is 20.3. The number of carbonyl (C=O) groups excluding carboxylic acids is 1. The Bertz CT molecular complexity index is 625. The number of hydrogen-bond acceptors (Lipinski definition) is 3. The molecule has 0 N–H and O–H groups in total. The number of sulfone groups is 1. The standard InChI is InChI=1S/C16H22FNO3S/c1-12(2)9-16(19)18(15-7-8-22(20,21)11-15)10-13-3-5-14(17)6-4-13/h3-6,12,15H,7-11H2,1-2H3/t15-/m0/s1. The van der Waals surface area contributed by atoms with Gasteiger partial charge in [0.15, 0.2) is 9.84 Å². The first-order valence-corrected chi connectivity index (χ1v) is 9.33. The zero-order valence-corrected chi connectivity index (χ0v) is 13.8. The van der Waals surface area contributed by atoms with Crippen LogP contribution in [0.5, 0.6) is 0 Å². The summed E-state index contributed by atoms with van der Waals surface area (Å²) in [5.41, 5.74) is 0.808. The van der Waals surface area contributed by atoms with E-state index in [4.69, 9.17) is 0 Å². The van der Waals surface area contributed by atoms with Gasteiger partial charge in [-0.3, -0.25) is 4.79 Å². The molecule has 0 spiro atoms. The number of hydrogen-bond donors (Lipinski definition) is 0. The summed E-state index contributed by atoms with van der Waals surface area (Å²) >= 11 is 0. The van der Waals surface area contributed by atoms with Crippen molar-refractivity contribution < 1.29 is 17.6 Å². The number of nitrogens with zero attached hydrogens (tertiary/aromatic N) is 1. The van der Waals surface area contributed by atoms with Gasteiger partial charge in [-0.2, -0.15) is 0 Å². The van der Waals surface area contributed by atoms with Crippen molar-refractivity contribution in [2.24, 2.45) is 5.92 Å². The predicted molar refractivity (Wildman–Crippen MR) is 83.5 cm³/mol. The van der Waals surface area contributed by atoms with Crippen molar-refractivity contribution in [3.05, 3.63) is 35.6 Å². The van der Waals surface area contributed by atoms with E-state index in [0.717, 1.165) is 5.56 Å². The maximum absolute atomic E-state index is 13.0. The third kappa shape index (κ3) is 4.53. The molecule has 22 heavy (non-hydrogen) atoms. The van der Waals surface area contributed by atoms with Crippen molar-refractivity contribution in [1.82, 2.24) is 4.90 Å². The fourth-order valence-corrected chi connectivity index (χ4v) is 4.43. The smallest absolute Gasteiger partial charge is 0.223 e. The van der Waals surface area contributed by atoms with Crippen molar-refractivity contribution >= 4 is 15.7 Å². The van der Waals surface area contributed by atoms with E-state index in [1.54, 1.807) is 17.0 Å². The molecule has 0 saturated carbocycles. The summed E-state index contributed by atoms with van der Waals surface area (Å²) in [5.74, 6) is -0.000182. The predicted octanol–water partition coefficient (Wildman–Crippen LogP) is 2.39. The summed E-state index contributed by atoms with van der Waals surface area (Å²) in [6.07, 6.45) is 0.866. The summed E-state index contributed by atoms with van der Waals surface area (Å²) in [5, 5.41) is 0. The SMILES string of the molecule is CC(C)CC(=O)N(Cc1ccc(F)cc1)[C@H]1CCS(=O)(=O)C1. The number of halogens is 1. The van der Waals surface area contributed by atoms with Gasteiger partial charge in [-0.05, 0) is 30.0 Å². The van der Waals surface area contributed by atoms with Crippen molar-refractivity contribution in [3.63, 3.8) is 0 Å².